The van der Waals surface area contributed by atoms with Crippen LogP contribution >= 0.6 is 12.4 Å². The van der Waals surface area contributed by atoms with Gasteiger partial charge in [0.1, 0.15) is 0 Å². The van der Waals surface area contributed by atoms with Gasteiger partial charge in [-0.15, -0.1) is 12.4 Å². The van der Waals surface area contributed by atoms with E-state index < -0.39 is 0 Å². The highest BCUT2D eigenvalue weighted by molar-refractivity contribution is 5.85. The summed E-state index contributed by atoms with van der Waals surface area (Å²) in [4.78, 5) is 11.5. The van der Waals surface area contributed by atoms with Crippen LogP contribution in [0.25, 0.3) is 0 Å². The van der Waals surface area contributed by atoms with Crippen LogP contribution in [-0.2, 0) is 9.53 Å². The fourth-order valence-corrected chi connectivity index (χ4v) is 1.54. The zero-order valence-electron chi connectivity index (χ0n) is 10.1. The predicted octanol–water partition coefficient (Wildman–Crippen LogP) is 0.806. The number of carbonyl (C=O) groups excluding carboxylic acids is 1. The fraction of sp³-hybridized carbons (Fsp3) is 0.909. The number of methoxy groups -OCH3 is 1. The van der Waals surface area contributed by atoms with Crippen molar-refractivity contribution in [2.24, 2.45) is 11.8 Å². The number of hydrogen-bond donors (Lipinski definition) is 2. The number of carbonyl (C=O) groups is 1. The summed E-state index contributed by atoms with van der Waals surface area (Å²) in [7, 11) is 1.68. The first-order chi connectivity index (χ1) is 7.25. The van der Waals surface area contributed by atoms with E-state index >= 15 is 0 Å². The molecule has 1 aliphatic rings. The summed E-state index contributed by atoms with van der Waals surface area (Å²) < 4.78 is 4.90. The van der Waals surface area contributed by atoms with E-state index in [1.54, 1.807) is 7.11 Å². The summed E-state index contributed by atoms with van der Waals surface area (Å²) in [6.07, 6.45) is 2.45. The van der Waals surface area contributed by atoms with Gasteiger partial charge in [-0.3, -0.25) is 4.79 Å². The average molecular weight is 251 g/mol. The summed E-state index contributed by atoms with van der Waals surface area (Å²) in [5, 5.41) is 6.12. The SMILES string of the molecule is COCCNCCNC(=O)C(C)C1CC1.Cl. The molecule has 16 heavy (non-hydrogen) atoms. The number of amides is 1. The molecule has 1 rings (SSSR count). The topological polar surface area (TPSA) is 50.4 Å². The van der Waals surface area contributed by atoms with Gasteiger partial charge < -0.3 is 15.4 Å². The van der Waals surface area contributed by atoms with E-state index in [1.807, 2.05) is 6.92 Å². The van der Waals surface area contributed by atoms with E-state index in [0.29, 0.717) is 19.1 Å². The van der Waals surface area contributed by atoms with Crippen molar-refractivity contribution < 1.29 is 9.53 Å². The molecule has 0 aromatic carbocycles. The third kappa shape index (κ3) is 6.30. The van der Waals surface area contributed by atoms with Gasteiger partial charge in [-0.2, -0.15) is 0 Å². The van der Waals surface area contributed by atoms with Gasteiger partial charge in [0.05, 0.1) is 6.61 Å². The van der Waals surface area contributed by atoms with Gasteiger partial charge in [-0.25, -0.2) is 0 Å². The molecule has 0 saturated heterocycles. The molecule has 1 unspecified atom stereocenters. The molecule has 0 aliphatic heterocycles. The molecule has 0 aromatic heterocycles. The fourth-order valence-electron chi connectivity index (χ4n) is 1.54. The van der Waals surface area contributed by atoms with Crippen molar-refractivity contribution in [1.29, 1.82) is 0 Å². The van der Waals surface area contributed by atoms with E-state index in [1.165, 1.54) is 12.8 Å². The van der Waals surface area contributed by atoms with Crippen molar-refractivity contribution in [3.63, 3.8) is 0 Å². The molecule has 0 bridgehead atoms. The van der Waals surface area contributed by atoms with Crippen LogP contribution in [0.3, 0.4) is 0 Å². The van der Waals surface area contributed by atoms with Gasteiger partial charge in [0.15, 0.2) is 0 Å². The summed E-state index contributed by atoms with van der Waals surface area (Å²) in [5.41, 5.74) is 0. The Bertz CT molecular complexity index is 198. The molecular weight excluding hydrogens is 228 g/mol. The molecule has 96 valence electrons. The lowest BCUT2D eigenvalue weighted by Gasteiger charge is -2.11. The lowest BCUT2D eigenvalue weighted by Crippen LogP contribution is -2.36. The molecule has 0 heterocycles. The highest BCUT2D eigenvalue weighted by atomic mass is 35.5. The Kier molecular flexibility index (Phi) is 8.61. The van der Waals surface area contributed by atoms with Gasteiger partial charge in [0.25, 0.3) is 0 Å². The van der Waals surface area contributed by atoms with E-state index in [0.717, 1.165) is 13.1 Å². The smallest absolute Gasteiger partial charge is 0.223 e. The molecule has 1 fully saturated rings. The first-order valence-corrected chi connectivity index (χ1v) is 5.73. The molecular formula is C11H23ClN2O2. The second-order valence-corrected chi connectivity index (χ2v) is 4.16. The minimum atomic E-state index is 0. The second kappa shape index (κ2) is 8.79. The largest absolute Gasteiger partial charge is 0.383 e. The van der Waals surface area contributed by atoms with E-state index in [4.69, 9.17) is 4.74 Å². The summed E-state index contributed by atoms with van der Waals surface area (Å²) in [6.45, 7) is 5.09. The predicted molar refractivity (Wildman–Crippen MR) is 66.9 cm³/mol. The Balaban J connectivity index is 0.00000225. The molecule has 1 amide bonds. The minimum Gasteiger partial charge on any atom is -0.383 e. The maximum atomic E-state index is 11.5. The Morgan fingerprint density at radius 3 is 2.62 bits per heavy atom. The molecule has 1 saturated carbocycles. The molecule has 1 aliphatic carbocycles. The van der Waals surface area contributed by atoms with Crippen LogP contribution in [0.5, 0.6) is 0 Å². The zero-order chi connectivity index (χ0) is 11.1. The summed E-state index contributed by atoms with van der Waals surface area (Å²) in [6, 6.07) is 0. The maximum absolute atomic E-state index is 11.5. The number of rotatable bonds is 8. The van der Waals surface area contributed by atoms with Gasteiger partial charge in [-0.1, -0.05) is 6.92 Å². The highest BCUT2D eigenvalue weighted by Crippen LogP contribution is 2.36. The van der Waals surface area contributed by atoms with Crippen LogP contribution in [0.1, 0.15) is 19.8 Å². The van der Waals surface area contributed by atoms with Crippen LogP contribution in [-0.4, -0.2) is 39.3 Å². The first-order valence-electron chi connectivity index (χ1n) is 5.73. The molecule has 0 spiro atoms. The Hall–Kier alpha value is -0.320. The quantitative estimate of drug-likeness (QED) is 0.627. The van der Waals surface area contributed by atoms with Crippen molar-refractivity contribution in [1.82, 2.24) is 10.6 Å². The summed E-state index contributed by atoms with van der Waals surface area (Å²) in [5.74, 6) is 1.04. The monoisotopic (exact) mass is 250 g/mol. The van der Waals surface area contributed by atoms with Crippen molar-refractivity contribution >= 4 is 18.3 Å². The van der Waals surface area contributed by atoms with E-state index in [9.17, 15) is 4.79 Å². The van der Waals surface area contributed by atoms with Crippen molar-refractivity contribution in [2.75, 3.05) is 33.4 Å². The number of hydrogen-bond acceptors (Lipinski definition) is 3. The molecule has 1 atom stereocenters. The maximum Gasteiger partial charge on any atom is 0.223 e. The Labute approximate surface area is 104 Å². The molecule has 0 radical (unpaired) electrons. The summed E-state index contributed by atoms with van der Waals surface area (Å²) >= 11 is 0. The van der Waals surface area contributed by atoms with E-state index in [2.05, 4.69) is 10.6 Å². The zero-order valence-corrected chi connectivity index (χ0v) is 10.9. The van der Waals surface area contributed by atoms with E-state index in [-0.39, 0.29) is 24.2 Å². The van der Waals surface area contributed by atoms with Crippen LogP contribution in [0.4, 0.5) is 0 Å². The van der Waals surface area contributed by atoms with Crippen molar-refractivity contribution in [2.45, 2.75) is 19.8 Å². The van der Waals surface area contributed by atoms with Gasteiger partial charge in [0.2, 0.25) is 5.91 Å². The molecule has 0 aromatic rings. The molecule has 4 nitrogen and oxygen atoms in total. The highest BCUT2D eigenvalue weighted by Gasteiger charge is 2.32. The number of nitrogens with one attached hydrogen (secondary N) is 2. The van der Waals surface area contributed by atoms with Gasteiger partial charge >= 0.3 is 0 Å². The minimum absolute atomic E-state index is 0. The molecule has 2 N–H and O–H groups in total. The lowest BCUT2D eigenvalue weighted by atomic mass is 10.1. The standard InChI is InChI=1S/C11H22N2O2.ClH/c1-9(10-3-4-10)11(14)13-6-5-12-7-8-15-2;/h9-10,12H,3-8H2,1-2H3,(H,13,14);1H. The van der Waals surface area contributed by atoms with Crippen LogP contribution in [0.2, 0.25) is 0 Å². The van der Waals surface area contributed by atoms with Crippen LogP contribution in [0, 0.1) is 11.8 Å². The normalized spacial score (nSPS) is 16.4. The molecule has 5 heteroatoms. The van der Waals surface area contributed by atoms with Crippen LogP contribution < -0.4 is 10.6 Å². The van der Waals surface area contributed by atoms with Gasteiger partial charge in [0, 0.05) is 32.7 Å². The first kappa shape index (κ1) is 15.7. The van der Waals surface area contributed by atoms with Crippen LogP contribution in [0.15, 0.2) is 0 Å². The lowest BCUT2D eigenvalue weighted by molar-refractivity contribution is -0.125. The number of halogens is 1. The number of ether oxygens (including phenoxy) is 1. The average Bonchev–Trinajstić information content (AvgIpc) is 3.05. The Morgan fingerprint density at radius 2 is 2.06 bits per heavy atom. The van der Waals surface area contributed by atoms with Crippen molar-refractivity contribution in [3.8, 4) is 0 Å². The van der Waals surface area contributed by atoms with Gasteiger partial charge in [-0.05, 0) is 18.8 Å². The third-order valence-corrected chi connectivity index (χ3v) is 2.83. The second-order valence-electron chi connectivity index (χ2n) is 4.16. The van der Waals surface area contributed by atoms with Crippen molar-refractivity contribution in [3.05, 3.63) is 0 Å². The Morgan fingerprint density at radius 1 is 1.38 bits per heavy atom. The third-order valence-electron chi connectivity index (χ3n) is 2.83.